The van der Waals surface area contributed by atoms with Crippen LogP contribution in [0.1, 0.15) is 31.7 Å². The Labute approximate surface area is 108 Å². The molecule has 0 amide bonds. The van der Waals surface area contributed by atoms with E-state index in [4.69, 9.17) is 5.11 Å². The van der Waals surface area contributed by atoms with Crippen molar-refractivity contribution in [2.45, 2.75) is 32.7 Å². The molecule has 4 nitrogen and oxygen atoms in total. The van der Waals surface area contributed by atoms with E-state index in [1.54, 1.807) is 0 Å². The molecular weight excluding hydrogens is 250 g/mol. The molecule has 2 rings (SSSR count). The van der Waals surface area contributed by atoms with Crippen LogP contribution in [0.15, 0.2) is 23.0 Å². The highest BCUT2D eigenvalue weighted by Crippen LogP contribution is 2.23. The Morgan fingerprint density at radius 1 is 1.44 bits per heavy atom. The number of hydrogen-bond acceptors (Lipinski definition) is 3. The monoisotopic (exact) mass is 265 g/mol. The highest BCUT2D eigenvalue weighted by Gasteiger charge is 2.10. The molecule has 2 aromatic rings. The fraction of sp³-hybridized carbons (Fsp3) is 0.385. The minimum absolute atomic E-state index is 0.0301. The van der Waals surface area contributed by atoms with E-state index in [-0.39, 0.29) is 17.8 Å². The zero-order valence-electron chi connectivity index (χ0n) is 10.3. The minimum Gasteiger partial charge on any atom is -0.481 e. The van der Waals surface area contributed by atoms with Crippen LogP contribution in [0.5, 0.6) is 0 Å². The first-order valence-electron chi connectivity index (χ1n) is 5.84. The molecule has 0 aliphatic rings. The highest BCUT2D eigenvalue weighted by atomic mass is 32.1. The van der Waals surface area contributed by atoms with Gasteiger partial charge >= 0.3 is 10.8 Å². The van der Waals surface area contributed by atoms with E-state index in [0.717, 1.165) is 10.2 Å². The van der Waals surface area contributed by atoms with Crippen LogP contribution in [0.2, 0.25) is 0 Å². The molecule has 0 radical (unpaired) electrons. The molecule has 1 aromatic carbocycles. The number of hydrogen-bond donors (Lipinski definition) is 1. The smallest absolute Gasteiger partial charge is 0.308 e. The van der Waals surface area contributed by atoms with Crippen molar-refractivity contribution in [3.05, 3.63) is 33.4 Å². The molecule has 1 heterocycles. The van der Waals surface area contributed by atoms with Gasteiger partial charge in [-0.05, 0) is 23.6 Å². The van der Waals surface area contributed by atoms with E-state index >= 15 is 0 Å². The molecule has 0 spiro atoms. The van der Waals surface area contributed by atoms with Crippen LogP contribution in [0.4, 0.5) is 0 Å². The van der Waals surface area contributed by atoms with Gasteiger partial charge < -0.3 is 5.11 Å². The first-order chi connectivity index (χ1) is 8.49. The van der Waals surface area contributed by atoms with Crippen molar-refractivity contribution >= 4 is 27.5 Å². The summed E-state index contributed by atoms with van der Waals surface area (Å²) in [7, 11) is 0. The van der Waals surface area contributed by atoms with Gasteiger partial charge in [0.2, 0.25) is 0 Å². The maximum Gasteiger partial charge on any atom is 0.308 e. The van der Waals surface area contributed by atoms with Crippen molar-refractivity contribution in [3.63, 3.8) is 0 Å². The van der Waals surface area contributed by atoms with E-state index < -0.39 is 5.97 Å². The lowest BCUT2D eigenvalue weighted by atomic mass is 10.0. The second-order valence-electron chi connectivity index (χ2n) is 4.55. The predicted octanol–water partition coefficient (Wildman–Crippen LogP) is 2.66. The summed E-state index contributed by atoms with van der Waals surface area (Å²) in [6.45, 7) is 4.44. The van der Waals surface area contributed by atoms with Gasteiger partial charge in [0.05, 0.1) is 16.6 Å². The Balaban J connectivity index is 2.45. The van der Waals surface area contributed by atoms with Gasteiger partial charge in [-0.15, -0.1) is 0 Å². The number of rotatable bonds is 4. The molecular formula is C13H15NO3S. The van der Waals surface area contributed by atoms with Crippen LogP contribution < -0.4 is 4.87 Å². The molecule has 0 fully saturated rings. The molecule has 0 atom stereocenters. The first-order valence-corrected chi connectivity index (χ1v) is 6.66. The summed E-state index contributed by atoms with van der Waals surface area (Å²) >= 11 is 1.18. The Morgan fingerprint density at radius 3 is 2.78 bits per heavy atom. The zero-order valence-corrected chi connectivity index (χ0v) is 11.2. The average Bonchev–Trinajstić information content (AvgIpc) is 2.60. The standard InChI is InChI=1S/C13H15NO3S/c1-8(2)9-3-4-10-11(7-9)18-13(17)14(10)6-5-12(15)16/h3-4,7-8H,5-6H2,1-2H3,(H,15,16). The lowest BCUT2D eigenvalue weighted by Crippen LogP contribution is -2.15. The van der Waals surface area contributed by atoms with Gasteiger partial charge in [0.25, 0.3) is 0 Å². The lowest BCUT2D eigenvalue weighted by Gasteiger charge is -2.05. The van der Waals surface area contributed by atoms with Crippen molar-refractivity contribution in [1.29, 1.82) is 0 Å². The van der Waals surface area contributed by atoms with Gasteiger partial charge in [-0.2, -0.15) is 0 Å². The third-order valence-electron chi connectivity index (χ3n) is 2.91. The van der Waals surface area contributed by atoms with E-state index in [1.807, 2.05) is 18.2 Å². The summed E-state index contributed by atoms with van der Waals surface area (Å²) in [4.78, 5) is 22.3. The second kappa shape index (κ2) is 4.94. The summed E-state index contributed by atoms with van der Waals surface area (Å²) in [6.07, 6.45) is -0.0301. The van der Waals surface area contributed by atoms with Crippen molar-refractivity contribution in [1.82, 2.24) is 4.57 Å². The highest BCUT2D eigenvalue weighted by molar-refractivity contribution is 7.16. The fourth-order valence-electron chi connectivity index (χ4n) is 1.86. The van der Waals surface area contributed by atoms with Crippen LogP contribution in [0.3, 0.4) is 0 Å². The minimum atomic E-state index is -0.889. The number of aromatic nitrogens is 1. The molecule has 0 aliphatic heterocycles. The topological polar surface area (TPSA) is 59.3 Å². The Kier molecular flexibility index (Phi) is 3.52. The third-order valence-corrected chi connectivity index (χ3v) is 3.85. The van der Waals surface area contributed by atoms with Gasteiger partial charge in [-0.3, -0.25) is 14.2 Å². The predicted molar refractivity (Wildman–Crippen MR) is 72.4 cm³/mol. The number of thiazole rings is 1. The summed E-state index contributed by atoms with van der Waals surface area (Å²) in [6, 6.07) is 5.92. The molecule has 1 aromatic heterocycles. The molecule has 18 heavy (non-hydrogen) atoms. The molecule has 0 saturated carbocycles. The number of aryl methyl sites for hydroxylation is 1. The van der Waals surface area contributed by atoms with Gasteiger partial charge in [-0.25, -0.2) is 0 Å². The number of nitrogens with zero attached hydrogens (tertiary/aromatic N) is 1. The molecule has 1 N–H and O–H groups in total. The number of aliphatic carboxylic acids is 1. The van der Waals surface area contributed by atoms with Crippen LogP contribution in [-0.2, 0) is 11.3 Å². The molecule has 0 aliphatic carbocycles. The first kappa shape index (κ1) is 12.8. The van der Waals surface area contributed by atoms with Crippen LogP contribution in [-0.4, -0.2) is 15.6 Å². The maximum absolute atomic E-state index is 11.8. The largest absolute Gasteiger partial charge is 0.481 e. The van der Waals surface area contributed by atoms with E-state index in [0.29, 0.717) is 5.92 Å². The van der Waals surface area contributed by atoms with Crippen molar-refractivity contribution in [3.8, 4) is 0 Å². The zero-order chi connectivity index (χ0) is 13.3. The van der Waals surface area contributed by atoms with Crippen molar-refractivity contribution < 1.29 is 9.90 Å². The Bertz CT molecular complexity index is 639. The summed E-state index contributed by atoms with van der Waals surface area (Å²) in [5, 5.41) is 8.68. The summed E-state index contributed by atoms with van der Waals surface area (Å²) in [5.41, 5.74) is 2.02. The van der Waals surface area contributed by atoms with Gasteiger partial charge in [0.15, 0.2) is 0 Å². The fourth-order valence-corrected chi connectivity index (χ4v) is 2.83. The van der Waals surface area contributed by atoms with Crippen molar-refractivity contribution in [2.75, 3.05) is 0 Å². The van der Waals surface area contributed by atoms with Gasteiger partial charge in [0, 0.05) is 6.54 Å². The van der Waals surface area contributed by atoms with Crippen LogP contribution >= 0.6 is 11.3 Å². The number of carboxylic acid groups (broad SMARTS) is 1. The molecule has 0 saturated heterocycles. The van der Waals surface area contributed by atoms with Crippen molar-refractivity contribution in [2.24, 2.45) is 0 Å². The van der Waals surface area contributed by atoms with E-state index in [9.17, 15) is 9.59 Å². The number of benzene rings is 1. The number of carbonyl (C=O) groups is 1. The lowest BCUT2D eigenvalue weighted by molar-refractivity contribution is -0.137. The summed E-state index contributed by atoms with van der Waals surface area (Å²) < 4.78 is 2.47. The maximum atomic E-state index is 11.8. The molecule has 0 bridgehead atoms. The second-order valence-corrected chi connectivity index (χ2v) is 5.54. The quantitative estimate of drug-likeness (QED) is 0.924. The summed E-state index contributed by atoms with van der Waals surface area (Å²) in [5.74, 6) is -0.473. The molecule has 5 heteroatoms. The van der Waals surface area contributed by atoms with E-state index in [1.165, 1.54) is 21.5 Å². The van der Waals surface area contributed by atoms with Crippen LogP contribution in [0.25, 0.3) is 10.2 Å². The SMILES string of the molecule is CC(C)c1ccc2c(c1)sc(=O)n2CCC(=O)O. The van der Waals surface area contributed by atoms with Gasteiger partial charge in [0.1, 0.15) is 0 Å². The molecule has 96 valence electrons. The number of fused-ring (bicyclic) bond motifs is 1. The van der Waals surface area contributed by atoms with E-state index in [2.05, 4.69) is 13.8 Å². The molecule has 0 unspecified atom stereocenters. The third kappa shape index (κ3) is 2.46. The Hall–Kier alpha value is -1.62. The number of carboxylic acids is 1. The Morgan fingerprint density at radius 2 is 2.17 bits per heavy atom. The normalized spacial score (nSPS) is 11.3. The van der Waals surface area contributed by atoms with Crippen LogP contribution in [0, 0.1) is 0 Å². The average molecular weight is 265 g/mol. The van der Waals surface area contributed by atoms with Gasteiger partial charge in [-0.1, -0.05) is 31.3 Å².